The molecule has 4 nitrogen and oxygen atoms in total. The lowest BCUT2D eigenvalue weighted by molar-refractivity contribution is 0.266. The van der Waals surface area contributed by atoms with Gasteiger partial charge in [0.25, 0.3) is 0 Å². The van der Waals surface area contributed by atoms with Gasteiger partial charge in [0.1, 0.15) is 6.61 Å². The number of rotatable bonds is 9. The summed E-state index contributed by atoms with van der Waals surface area (Å²) in [6.45, 7) is 4.42. The summed E-state index contributed by atoms with van der Waals surface area (Å²) >= 11 is 5.95. The SMILES string of the molecule is CCOc1cccc(CNCc2cccnc2)c1OCc1ccc(Cl)cc1.Cl. The Labute approximate surface area is 177 Å². The lowest BCUT2D eigenvalue weighted by atomic mass is 10.1. The zero-order chi connectivity index (χ0) is 18.9. The van der Waals surface area contributed by atoms with Crippen LogP contribution in [0.5, 0.6) is 11.5 Å². The number of pyridine rings is 1. The zero-order valence-electron chi connectivity index (χ0n) is 15.7. The molecule has 0 bridgehead atoms. The van der Waals surface area contributed by atoms with E-state index in [0.717, 1.165) is 34.7 Å². The van der Waals surface area contributed by atoms with Gasteiger partial charge in [-0.05, 0) is 42.3 Å². The predicted molar refractivity (Wildman–Crippen MR) is 115 cm³/mol. The molecule has 0 saturated carbocycles. The van der Waals surface area contributed by atoms with Crippen molar-refractivity contribution >= 4 is 24.0 Å². The van der Waals surface area contributed by atoms with E-state index in [1.165, 1.54) is 0 Å². The third-order valence-electron chi connectivity index (χ3n) is 4.02. The van der Waals surface area contributed by atoms with Crippen molar-refractivity contribution in [3.63, 3.8) is 0 Å². The molecule has 0 aliphatic carbocycles. The van der Waals surface area contributed by atoms with E-state index < -0.39 is 0 Å². The lowest BCUT2D eigenvalue weighted by Gasteiger charge is -2.16. The van der Waals surface area contributed by atoms with E-state index in [2.05, 4.69) is 22.4 Å². The molecule has 0 amide bonds. The Morgan fingerprint density at radius 3 is 2.46 bits per heavy atom. The number of aromatic nitrogens is 1. The molecule has 3 rings (SSSR count). The maximum atomic E-state index is 6.13. The van der Waals surface area contributed by atoms with E-state index in [9.17, 15) is 0 Å². The van der Waals surface area contributed by atoms with Crippen LogP contribution in [0, 0.1) is 0 Å². The van der Waals surface area contributed by atoms with Gasteiger partial charge in [0, 0.05) is 36.1 Å². The Balaban J connectivity index is 0.00000280. The van der Waals surface area contributed by atoms with Crippen LogP contribution >= 0.6 is 24.0 Å². The zero-order valence-corrected chi connectivity index (χ0v) is 17.3. The largest absolute Gasteiger partial charge is 0.490 e. The van der Waals surface area contributed by atoms with Crippen LogP contribution in [-0.2, 0) is 19.7 Å². The Bertz CT molecular complexity index is 843. The highest BCUT2D eigenvalue weighted by Crippen LogP contribution is 2.32. The third-order valence-corrected chi connectivity index (χ3v) is 4.28. The maximum Gasteiger partial charge on any atom is 0.166 e. The minimum Gasteiger partial charge on any atom is -0.490 e. The Morgan fingerprint density at radius 2 is 1.75 bits per heavy atom. The van der Waals surface area contributed by atoms with Crippen LogP contribution in [0.3, 0.4) is 0 Å². The van der Waals surface area contributed by atoms with E-state index in [4.69, 9.17) is 21.1 Å². The first-order valence-corrected chi connectivity index (χ1v) is 9.35. The second-order valence-corrected chi connectivity index (χ2v) is 6.49. The quantitative estimate of drug-likeness (QED) is 0.503. The highest BCUT2D eigenvalue weighted by atomic mass is 35.5. The first kappa shape index (κ1) is 22.0. The Kier molecular flexibility index (Phi) is 9.08. The van der Waals surface area contributed by atoms with Crippen molar-refractivity contribution < 1.29 is 9.47 Å². The summed E-state index contributed by atoms with van der Waals surface area (Å²) in [6.07, 6.45) is 3.64. The number of nitrogens with one attached hydrogen (secondary N) is 1. The smallest absolute Gasteiger partial charge is 0.166 e. The summed E-state index contributed by atoms with van der Waals surface area (Å²) in [4.78, 5) is 4.14. The van der Waals surface area contributed by atoms with Gasteiger partial charge >= 0.3 is 0 Å². The van der Waals surface area contributed by atoms with Crippen LogP contribution in [0.1, 0.15) is 23.6 Å². The van der Waals surface area contributed by atoms with Gasteiger partial charge < -0.3 is 14.8 Å². The monoisotopic (exact) mass is 418 g/mol. The minimum atomic E-state index is 0. The first-order valence-electron chi connectivity index (χ1n) is 8.98. The molecule has 0 aliphatic heterocycles. The predicted octanol–water partition coefficient (Wildman–Crippen LogP) is 5.42. The van der Waals surface area contributed by atoms with Crippen LogP contribution < -0.4 is 14.8 Å². The number of ether oxygens (including phenoxy) is 2. The van der Waals surface area contributed by atoms with Crippen molar-refractivity contribution in [1.82, 2.24) is 10.3 Å². The van der Waals surface area contributed by atoms with Gasteiger partial charge in [-0.15, -0.1) is 12.4 Å². The van der Waals surface area contributed by atoms with Crippen molar-refractivity contribution in [2.24, 2.45) is 0 Å². The molecule has 1 heterocycles. The molecule has 28 heavy (non-hydrogen) atoms. The number of hydrogen-bond donors (Lipinski definition) is 1. The van der Waals surface area contributed by atoms with Gasteiger partial charge in [-0.2, -0.15) is 0 Å². The van der Waals surface area contributed by atoms with Crippen LogP contribution in [0.4, 0.5) is 0 Å². The van der Waals surface area contributed by atoms with Crippen molar-refractivity contribution in [1.29, 1.82) is 0 Å². The summed E-state index contributed by atoms with van der Waals surface area (Å²) in [5.41, 5.74) is 3.25. The highest BCUT2D eigenvalue weighted by Gasteiger charge is 2.11. The second-order valence-electron chi connectivity index (χ2n) is 6.06. The molecule has 1 N–H and O–H groups in total. The van der Waals surface area contributed by atoms with Crippen molar-refractivity contribution in [2.45, 2.75) is 26.6 Å². The number of benzene rings is 2. The third kappa shape index (κ3) is 6.41. The normalized spacial score (nSPS) is 10.2. The molecule has 148 valence electrons. The van der Waals surface area contributed by atoms with E-state index in [1.54, 1.807) is 6.20 Å². The molecule has 0 fully saturated rings. The summed E-state index contributed by atoms with van der Waals surface area (Å²) in [7, 11) is 0. The molecule has 0 atom stereocenters. The average molecular weight is 419 g/mol. The Morgan fingerprint density at radius 1 is 0.929 bits per heavy atom. The highest BCUT2D eigenvalue weighted by molar-refractivity contribution is 6.30. The molecule has 0 unspecified atom stereocenters. The minimum absolute atomic E-state index is 0. The van der Waals surface area contributed by atoms with Crippen LogP contribution in [0.2, 0.25) is 5.02 Å². The van der Waals surface area contributed by atoms with Crippen LogP contribution in [0.25, 0.3) is 0 Å². The van der Waals surface area contributed by atoms with Gasteiger partial charge in [0.2, 0.25) is 0 Å². The first-order chi connectivity index (χ1) is 13.3. The van der Waals surface area contributed by atoms with Gasteiger partial charge in [-0.1, -0.05) is 41.9 Å². The number of hydrogen-bond acceptors (Lipinski definition) is 4. The molecule has 1 aromatic heterocycles. The van der Waals surface area contributed by atoms with E-state index in [0.29, 0.717) is 24.8 Å². The molecule has 0 saturated heterocycles. The molecule has 2 aromatic carbocycles. The van der Waals surface area contributed by atoms with Gasteiger partial charge in [-0.25, -0.2) is 0 Å². The topological polar surface area (TPSA) is 43.4 Å². The fraction of sp³-hybridized carbons (Fsp3) is 0.227. The fourth-order valence-electron chi connectivity index (χ4n) is 2.71. The van der Waals surface area contributed by atoms with Crippen molar-refractivity contribution in [3.8, 4) is 11.5 Å². The van der Waals surface area contributed by atoms with Crippen LogP contribution in [-0.4, -0.2) is 11.6 Å². The lowest BCUT2D eigenvalue weighted by Crippen LogP contribution is -2.14. The second kappa shape index (κ2) is 11.5. The van der Waals surface area contributed by atoms with Gasteiger partial charge in [0.05, 0.1) is 6.61 Å². The van der Waals surface area contributed by atoms with E-state index in [-0.39, 0.29) is 12.4 Å². The summed E-state index contributed by atoms with van der Waals surface area (Å²) in [5, 5.41) is 4.16. The maximum absolute atomic E-state index is 6.13. The number of para-hydroxylation sites is 1. The van der Waals surface area contributed by atoms with Gasteiger partial charge in [0.15, 0.2) is 11.5 Å². The molecule has 6 heteroatoms. The summed E-state index contributed by atoms with van der Waals surface area (Å²) in [6, 6.07) is 17.6. The molecular weight excluding hydrogens is 395 g/mol. The fourth-order valence-corrected chi connectivity index (χ4v) is 2.84. The molecular formula is C22H24Cl2N2O2. The van der Waals surface area contributed by atoms with E-state index in [1.807, 2.05) is 55.6 Å². The van der Waals surface area contributed by atoms with Crippen molar-refractivity contribution in [2.75, 3.05) is 6.61 Å². The standard InChI is InChI=1S/C22H23ClN2O2.ClH/c1-2-26-21-7-3-6-19(15-25-14-18-5-4-12-24-13-18)22(21)27-16-17-8-10-20(23)11-9-17;/h3-13,25H,2,14-16H2,1H3;1H. The molecule has 0 aliphatic rings. The van der Waals surface area contributed by atoms with Crippen LogP contribution in [0.15, 0.2) is 67.0 Å². The van der Waals surface area contributed by atoms with Gasteiger partial charge in [-0.3, -0.25) is 4.98 Å². The molecule has 3 aromatic rings. The van der Waals surface area contributed by atoms with E-state index >= 15 is 0 Å². The molecule has 0 radical (unpaired) electrons. The molecule has 0 spiro atoms. The average Bonchev–Trinajstić information content (AvgIpc) is 2.70. The summed E-state index contributed by atoms with van der Waals surface area (Å²) in [5.74, 6) is 1.53. The summed E-state index contributed by atoms with van der Waals surface area (Å²) < 4.78 is 11.9. The van der Waals surface area contributed by atoms with Crippen molar-refractivity contribution in [3.05, 3.63) is 88.7 Å². The Hall–Kier alpha value is -2.27. The number of halogens is 2. The number of nitrogens with zero attached hydrogens (tertiary/aromatic N) is 1.